The maximum absolute atomic E-state index is 8.91. The van der Waals surface area contributed by atoms with E-state index in [1.165, 1.54) is 0 Å². The Hall–Kier alpha value is -1.76. The van der Waals surface area contributed by atoms with E-state index >= 15 is 0 Å². The summed E-state index contributed by atoms with van der Waals surface area (Å²) in [6.45, 7) is 2.22. The monoisotopic (exact) mass is 202 g/mol. The topological polar surface area (TPSA) is 74.7 Å². The second-order valence-electron chi connectivity index (χ2n) is 4.19. The van der Waals surface area contributed by atoms with E-state index in [9.17, 15) is 0 Å². The van der Waals surface area contributed by atoms with Crippen molar-refractivity contribution in [2.24, 2.45) is 5.92 Å². The summed E-state index contributed by atoms with van der Waals surface area (Å²) < 4.78 is 0. The molecule has 0 radical (unpaired) electrons. The highest BCUT2D eigenvalue weighted by Crippen LogP contribution is 2.29. The summed E-state index contributed by atoms with van der Waals surface area (Å²) in [6.07, 6.45) is 3.87. The summed E-state index contributed by atoms with van der Waals surface area (Å²) in [5.74, 6) is 1.44. The lowest BCUT2D eigenvalue weighted by Gasteiger charge is -2.33. The number of nitrogens with one attached hydrogen (secondary N) is 1. The summed E-state index contributed by atoms with van der Waals surface area (Å²) in [6, 6.07) is 4.21. The SMILES string of the molecule is CC1CC(Nc2ncc(N)cc2C#N)C1. The van der Waals surface area contributed by atoms with Gasteiger partial charge in [-0.25, -0.2) is 4.98 Å². The highest BCUT2D eigenvalue weighted by Gasteiger charge is 2.25. The van der Waals surface area contributed by atoms with E-state index in [1.54, 1.807) is 12.3 Å². The smallest absolute Gasteiger partial charge is 0.144 e. The molecule has 0 aromatic carbocycles. The quantitative estimate of drug-likeness (QED) is 0.766. The van der Waals surface area contributed by atoms with Crippen LogP contribution in [-0.4, -0.2) is 11.0 Å². The van der Waals surface area contributed by atoms with Crippen molar-refractivity contribution >= 4 is 11.5 Å². The van der Waals surface area contributed by atoms with E-state index in [0.29, 0.717) is 23.1 Å². The molecular formula is C11H14N4. The zero-order chi connectivity index (χ0) is 10.8. The van der Waals surface area contributed by atoms with Crippen molar-refractivity contribution < 1.29 is 0 Å². The van der Waals surface area contributed by atoms with Crippen LogP contribution in [0.4, 0.5) is 11.5 Å². The minimum Gasteiger partial charge on any atom is -0.397 e. The second-order valence-corrected chi connectivity index (χ2v) is 4.19. The second kappa shape index (κ2) is 3.77. The Kier molecular flexibility index (Phi) is 2.46. The number of hydrogen-bond donors (Lipinski definition) is 2. The Morgan fingerprint density at radius 3 is 2.93 bits per heavy atom. The fourth-order valence-electron chi connectivity index (χ4n) is 1.89. The normalized spacial score (nSPS) is 24.0. The van der Waals surface area contributed by atoms with Crippen LogP contribution in [0.15, 0.2) is 12.3 Å². The molecule has 1 saturated carbocycles. The molecular weight excluding hydrogens is 188 g/mol. The fraction of sp³-hybridized carbons (Fsp3) is 0.455. The van der Waals surface area contributed by atoms with Gasteiger partial charge in [-0.2, -0.15) is 5.26 Å². The van der Waals surface area contributed by atoms with Gasteiger partial charge in [-0.3, -0.25) is 0 Å². The molecule has 0 saturated heterocycles. The standard InChI is InChI=1S/C11H14N4/c1-7-2-10(3-7)15-11-8(5-12)4-9(13)6-14-11/h4,6-7,10H,2-3,13H2,1H3,(H,14,15). The lowest BCUT2D eigenvalue weighted by molar-refractivity contribution is 0.308. The third kappa shape index (κ3) is 2.01. The number of hydrogen-bond acceptors (Lipinski definition) is 4. The number of anilines is 2. The van der Waals surface area contributed by atoms with Crippen molar-refractivity contribution in [3.05, 3.63) is 17.8 Å². The molecule has 4 heteroatoms. The summed E-state index contributed by atoms with van der Waals surface area (Å²) in [5.41, 5.74) is 6.61. The number of nitrogen functional groups attached to an aromatic ring is 1. The minimum atomic E-state index is 0.461. The zero-order valence-electron chi connectivity index (χ0n) is 8.70. The predicted molar refractivity (Wildman–Crippen MR) is 59.2 cm³/mol. The van der Waals surface area contributed by atoms with E-state index in [0.717, 1.165) is 18.8 Å². The summed E-state index contributed by atoms with van der Waals surface area (Å²) in [4.78, 5) is 4.14. The van der Waals surface area contributed by atoms with Crippen LogP contribution in [0.25, 0.3) is 0 Å². The zero-order valence-corrected chi connectivity index (χ0v) is 8.70. The average molecular weight is 202 g/mol. The Morgan fingerprint density at radius 2 is 2.33 bits per heavy atom. The molecule has 4 nitrogen and oxygen atoms in total. The molecule has 3 N–H and O–H groups in total. The van der Waals surface area contributed by atoms with Gasteiger partial charge in [0, 0.05) is 6.04 Å². The lowest BCUT2D eigenvalue weighted by atomic mass is 9.82. The Bertz CT molecular complexity index is 402. The third-order valence-electron chi connectivity index (χ3n) is 2.74. The number of rotatable bonds is 2. The van der Waals surface area contributed by atoms with Crippen molar-refractivity contribution in [1.29, 1.82) is 5.26 Å². The van der Waals surface area contributed by atoms with E-state index in [2.05, 4.69) is 23.3 Å². The largest absolute Gasteiger partial charge is 0.397 e. The van der Waals surface area contributed by atoms with E-state index < -0.39 is 0 Å². The highest BCUT2D eigenvalue weighted by molar-refractivity contribution is 5.57. The molecule has 1 aliphatic carbocycles. The summed E-state index contributed by atoms with van der Waals surface area (Å²) in [5, 5.41) is 12.2. The van der Waals surface area contributed by atoms with E-state index in [-0.39, 0.29) is 0 Å². The van der Waals surface area contributed by atoms with Crippen LogP contribution in [0.2, 0.25) is 0 Å². The van der Waals surface area contributed by atoms with E-state index in [1.807, 2.05) is 0 Å². The maximum atomic E-state index is 8.91. The van der Waals surface area contributed by atoms with Gasteiger partial charge in [0.05, 0.1) is 17.4 Å². The number of nitriles is 1. The Labute approximate surface area is 89.1 Å². The first-order valence-electron chi connectivity index (χ1n) is 5.11. The number of pyridine rings is 1. The van der Waals surface area contributed by atoms with Crippen molar-refractivity contribution in [1.82, 2.24) is 4.98 Å². The van der Waals surface area contributed by atoms with Crippen molar-refractivity contribution in [3.8, 4) is 6.07 Å². The Balaban J connectivity index is 2.11. The molecule has 0 bridgehead atoms. The van der Waals surface area contributed by atoms with Gasteiger partial charge in [0.2, 0.25) is 0 Å². The molecule has 1 aromatic rings. The average Bonchev–Trinajstić information content (AvgIpc) is 2.18. The van der Waals surface area contributed by atoms with Crippen molar-refractivity contribution in [3.63, 3.8) is 0 Å². The van der Waals surface area contributed by atoms with Crippen LogP contribution in [-0.2, 0) is 0 Å². The molecule has 0 unspecified atom stereocenters. The summed E-state index contributed by atoms with van der Waals surface area (Å²) >= 11 is 0. The first kappa shape index (κ1) is 9.78. The van der Waals surface area contributed by atoms with Gasteiger partial charge in [0.15, 0.2) is 0 Å². The van der Waals surface area contributed by atoms with Gasteiger partial charge >= 0.3 is 0 Å². The van der Waals surface area contributed by atoms with E-state index in [4.69, 9.17) is 11.0 Å². The van der Waals surface area contributed by atoms with Crippen molar-refractivity contribution in [2.75, 3.05) is 11.1 Å². The van der Waals surface area contributed by atoms with Gasteiger partial charge in [-0.15, -0.1) is 0 Å². The van der Waals surface area contributed by atoms with Crippen LogP contribution < -0.4 is 11.1 Å². The molecule has 0 amide bonds. The van der Waals surface area contributed by atoms with Crippen molar-refractivity contribution in [2.45, 2.75) is 25.8 Å². The first-order valence-corrected chi connectivity index (χ1v) is 5.11. The highest BCUT2D eigenvalue weighted by atomic mass is 15.0. The van der Waals surface area contributed by atoms with Crippen LogP contribution >= 0.6 is 0 Å². The molecule has 0 aliphatic heterocycles. The molecule has 1 heterocycles. The van der Waals surface area contributed by atoms with Gasteiger partial charge in [-0.1, -0.05) is 6.92 Å². The molecule has 1 aliphatic rings. The molecule has 2 rings (SSSR count). The third-order valence-corrected chi connectivity index (χ3v) is 2.74. The fourth-order valence-corrected chi connectivity index (χ4v) is 1.89. The number of aromatic nitrogens is 1. The molecule has 1 fully saturated rings. The number of nitrogens with two attached hydrogens (primary N) is 1. The van der Waals surface area contributed by atoms with Crippen LogP contribution in [0, 0.1) is 17.2 Å². The maximum Gasteiger partial charge on any atom is 0.144 e. The minimum absolute atomic E-state index is 0.461. The van der Waals surface area contributed by atoms with Gasteiger partial charge in [-0.05, 0) is 24.8 Å². The Morgan fingerprint density at radius 1 is 1.60 bits per heavy atom. The van der Waals surface area contributed by atoms with Crippen LogP contribution in [0.1, 0.15) is 25.3 Å². The van der Waals surface area contributed by atoms with Gasteiger partial charge in [0.25, 0.3) is 0 Å². The van der Waals surface area contributed by atoms with Crippen LogP contribution in [0.5, 0.6) is 0 Å². The molecule has 0 atom stereocenters. The first-order chi connectivity index (χ1) is 7.19. The lowest BCUT2D eigenvalue weighted by Crippen LogP contribution is -2.34. The molecule has 1 aromatic heterocycles. The predicted octanol–water partition coefficient (Wildman–Crippen LogP) is 1.75. The molecule has 15 heavy (non-hydrogen) atoms. The van der Waals surface area contributed by atoms with Crippen LogP contribution in [0.3, 0.4) is 0 Å². The molecule has 0 spiro atoms. The summed E-state index contributed by atoms with van der Waals surface area (Å²) in [7, 11) is 0. The number of nitrogens with zero attached hydrogens (tertiary/aromatic N) is 2. The van der Waals surface area contributed by atoms with Gasteiger partial charge in [0.1, 0.15) is 11.9 Å². The molecule has 78 valence electrons. The van der Waals surface area contributed by atoms with Gasteiger partial charge < -0.3 is 11.1 Å².